The van der Waals surface area contributed by atoms with Crippen molar-refractivity contribution in [2.45, 2.75) is 26.2 Å². The topological polar surface area (TPSA) is 64.1 Å². The molecule has 1 aromatic rings. The van der Waals surface area contributed by atoms with Gasteiger partial charge < -0.3 is 24.8 Å². The SMILES string of the molecule is CCNC(=NCCCOCC1CCOC1)NCCc1cccc(OC)c1. The number of rotatable bonds is 11. The molecule has 1 aliphatic rings. The van der Waals surface area contributed by atoms with Crippen molar-refractivity contribution in [3.05, 3.63) is 29.8 Å². The van der Waals surface area contributed by atoms with Gasteiger partial charge in [0.2, 0.25) is 0 Å². The van der Waals surface area contributed by atoms with Crippen LogP contribution in [0.4, 0.5) is 0 Å². The molecule has 1 heterocycles. The Hall–Kier alpha value is -1.79. The van der Waals surface area contributed by atoms with Crippen LogP contribution in [-0.4, -0.2) is 59.1 Å². The fraction of sp³-hybridized carbons (Fsp3) is 0.650. The fourth-order valence-corrected chi connectivity index (χ4v) is 2.82. The number of hydrogen-bond donors (Lipinski definition) is 2. The molecule has 0 saturated carbocycles. The van der Waals surface area contributed by atoms with E-state index >= 15 is 0 Å². The van der Waals surface area contributed by atoms with E-state index in [4.69, 9.17) is 14.2 Å². The van der Waals surface area contributed by atoms with Crippen LogP contribution < -0.4 is 15.4 Å². The second-order valence-corrected chi connectivity index (χ2v) is 6.45. The van der Waals surface area contributed by atoms with E-state index in [0.717, 1.165) is 77.0 Å². The molecule has 0 amide bonds. The second-order valence-electron chi connectivity index (χ2n) is 6.45. The Morgan fingerprint density at radius 3 is 3.04 bits per heavy atom. The van der Waals surface area contributed by atoms with E-state index in [1.54, 1.807) is 7.11 Å². The highest BCUT2D eigenvalue weighted by atomic mass is 16.5. The largest absolute Gasteiger partial charge is 0.497 e. The summed E-state index contributed by atoms with van der Waals surface area (Å²) in [5.41, 5.74) is 1.25. The Morgan fingerprint density at radius 1 is 1.35 bits per heavy atom. The van der Waals surface area contributed by atoms with Crippen LogP contribution in [0.15, 0.2) is 29.3 Å². The van der Waals surface area contributed by atoms with Gasteiger partial charge in [0, 0.05) is 38.8 Å². The smallest absolute Gasteiger partial charge is 0.191 e. The third-order valence-corrected chi connectivity index (χ3v) is 4.28. The summed E-state index contributed by atoms with van der Waals surface area (Å²) in [6, 6.07) is 8.16. The highest BCUT2D eigenvalue weighted by Gasteiger charge is 2.15. The van der Waals surface area contributed by atoms with Gasteiger partial charge in [-0.3, -0.25) is 4.99 Å². The van der Waals surface area contributed by atoms with Gasteiger partial charge in [-0.15, -0.1) is 0 Å². The van der Waals surface area contributed by atoms with E-state index in [1.807, 2.05) is 12.1 Å². The summed E-state index contributed by atoms with van der Waals surface area (Å²) in [7, 11) is 1.69. The van der Waals surface area contributed by atoms with E-state index in [-0.39, 0.29) is 0 Å². The number of ether oxygens (including phenoxy) is 3. The average molecular weight is 364 g/mol. The van der Waals surface area contributed by atoms with E-state index in [2.05, 4.69) is 34.7 Å². The third kappa shape index (κ3) is 8.06. The minimum Gasteiger partial charge on any atom is -0.497 e. The van der Waals surface area contributed by atoms with Crippen molar-refractivity contribution in [1.82, 2.24) is 10.6 Å². The zero-order valence-electron chi connectivity index (χ0n) is 16.1. The highest BCUT2D eigenvalue weighted by molar-refractivity contribution is 5.79. The molecule has 2 rings (SSSR count). The van der Waals surface area contributed by atoms with Crippen LogP contribution in [0.25, 0.3) is 0 Å². The predicted octanol–water partition coefficient (Wildman–Crippen LogP) is 2.24. The van der Waals surface area contributed by atoms with Crippen molar-refractivity contribution in [1.29, 1.82) is 0 Å². The van der Waals surface area contributed by atoms with Crippen molar-refractivity contribution in [3.8, 4) is 5.75 Å². The Labute approximate surface area is 157 Å². The van der Waals surface area contributed by atoms with Gasteiger partial charge in [-0.2, -0.15) is 0 Å². The summed E-state index contributed by atoms with van der Waals surface area (Å²) >= 11 is 0. The van der Waals surface area contributed by atoms with E-state index in [0.29, 0.717) is 5.92 Å². The maximum Gasteiger partial charge on any atom is 0.191 e. The lowest BCUT2D eigenvalue weighted by molar-refractivity contribution is 0.0893. The molecule has 1 aliphatic heterocycles. The molecule has 0 bridgehead atoms. The number of hydrogen-bond acceptors (Lipinski definition) is 4. The molecule has 1 aromatic carbocycles. The summed E-state index contributed by atoms with van der Waals surface area (Å²) in [6.45, 7) is 7.81. The van der Waals surface area contributed by atoms with E-state index in [1.165, 1.54) is 5.56 Å². The van der Waals surface area contributed by atoms with Gasteiger partial charge in [0.05, 0.1) is 20.3 Å². The molecule has 1 atom stereocenters. The second kappa shape index (κ2) is 12.5. The first-order valence-electron chi connectivity index (χ1n) is 9.62. The maximum atomic E-state index is 5.72. The zero-order chi connectivity index (χ0) is 18.5. The molecule has 6 nitrogen and oxygen atoms in total. The van der Waals surface area contributed by atoms with Gasteiger partial charge in [0.25, 0.3) is 0 Å². The number of methoxy groups -OCH3 is 1. The lowest BCUT2D eigenvalue weighted by Gasteiger charge is -2.12. The lowest BCUT2D eigenvalue weighted by atomic mass is 10.1. The minimum absolute atomic E-state index is 0.578. The van der Waals surface area contributed by atoms with Crippen LogP contribution in [0.1, 0.15) is 25.3 Å². The van der Waals surface area contributed by atoms with Crippen molar-refractivity contribution in [2.75, 3.05) is 53.2 Å². The summed E-state index contributed by atoms with van der Waals surface area (Å²) in [4.78, 5) is 4.61. The van der Waals surface area contributed by atoms with Gasteiger partial charge in [0.1, 0.15) is 5.75 Å². The van der Waals surface area contributed by atoms with Crippen LogP contribution >= 0.6 is 0 Å². The monoisotopic (exact) mass is 363 g/mol. The first kappa shape index (κ1) is 20.5. The normalized spacial score (nSPS) is 17.3. The molecule has 0 aliphatic carbocycles. The maximum absolute atomic E-state index is 5.72. The Kier molecular flexibility index (Phi) is 9.90. The van der Waals surface area contributed by atoms with Crippen molar-refractivity contribution >= 4 is 5.96 Å². The average Bonchev–Trinajstić information content (AvgIpc) is 3.18. The third-order valence-electron chi connectivity index (χ3n) is 4.28. The summed E-state index contributed by atoms with van der Waals surface area (Å²) in [5, 5.41) is 6.67. The molecule has 2 N–H and O–H groups in total. The molecule has 0 spiro atoms. The molecule has 6 heteroatoms. The van der Waals surface area contributed by atoms with Crippen LogP contribution in [0.3, 0.4) is 0 Å². The Morgan fingerprint density at radius 2 is 2.27 bits per heavy atom. The first-order chi connectivity index (χ1) is 12.8. The molecule has 1 saturated heterocycles. The Balaban J connectivity index is 1.62. The quantitative estimate of drug-likeness (QED) is 0.359. The molecule has 1 fully saturated rings. The summed E-state index contributed by atoms with van der Waals surface area (Å²) < 4.78 is 16.3. The van der Waals surface area contributed by atoms with Gasteiger partial charge in [0.15, 0.2) is 5.96 Å². The molecule has 26 heavy (non-hydrogen) atoms. The van der Waals surface area contributed by atoms with Crippen molar-refractivity contribution in [2.24, 2.45) is 10.9 Å². The van der Waals surface area contributed by atoms with Crippen LogP contribution in [-0.2, 0) is 15.9 Å². The molecule has 146 valence electrons. The van der Waals surface area contributed by atoms with E-state index in [9.17, 15) is 0 Å². The molecule has 0 aromatic heterocycles. The Bertz CT molecular complexity index is 531. The molecular formula is C20H33N3O3. The van der Waals surface area contributed by atoms with Crippen LogP contribution in [0.5, 0.6) is 5.75 Å². The highest BCUT2D eigenvalue weighted by Crippen LogP contribution is 2.13. The fourth-order valence-electron chi connectivity index (χ4n) is 2.82. The van der Waals surface area contributed by atoms with E-state index < -0.39 is 0 Å². The number of aliphatic imine (C=N–C) groups is 1. The molecule has 1 unspecified atom stereocenters. The standard InChI is InChI=1S/C20H33N3O3/c1-3-21-20(22-10-5-12-25-15-18-9-13-26-16-18)23-11-8-17-6-4-7-19(14-17)24-2/h4,6-7,14,18H,3,5,8-13,15-16H2,1-2H3,(H2,21,22,23). The number of guanidine groups is 1. The predicted molar refractivity (Wildman–Crippen MR) is 105 cm³/mol. The summed E-state index contributed by atoms with van der Waals surface area (Å²) in [5.74, 6) is 2.33. The number of benzene rings is 1. The van der Waals surface area contributed by atoms with Gasteiger partial charge >= 0.3 is 0 Å². The first-order valence-corrected chi connectivity index (χ1v) is 9.62. The molecule has 0 radical (unpaired) electrons. The zero-order valence-corrected chi connectivity index (χ0v) is 16.1. The van der Waals surface area contributed by atoms with Crippen LogP contribution in [0.2, 0.25) is 0 Å². The number of nitrogens with one attached hydrogen (secondary N) is 2. The van der Waals surface area contributed by atoms with Gasteiger partial charge in [-0.25, -0.2) is 0 Å². The molecular weight excluding hydrogens is 330 g/mol. The van der Waals surface area contributed by atoms with Gasteiger partial charge in [-0.1, -0.05) is 12.1 Å². The van der Waals surface area contributed by atoms with Gasteiger partial charge in [-0.05, 0) is 43.9 Å². The van der Waals surface area contributed by atoms with Crippen molar-refractivity contribution < 1.29 is 14.2 Å². The minimum atomic E-state index is 0.578. The number of nitrogens with zero attached hydrogens (tertiary/aromatic N) is 1. The van der Waals surface area contributed by atoms with Crippen LogP contribution in [0, 0.1) is 5.92 Å². The van der Waals surface area contributed by atoms with Crippen molar-refractivity contribution in [3.63, 3.8) is 0 Å². The summed E-state index contributed by atoms with van der Waals surface area (Å²) in [6.07, 6.45) is 2.98. The lowest BCUT2D eigenvalue weighted by Crippen LogP contribution is -2.38.